The Bertz CT molecular complexity index is 508. The molecule has 2 aromatic heterocycles. The van der Waals surface area contributed by atoms with Crippen LogP contribution in [0.4, 0.5) is 0 Å². The van der Waals surface area contributed by atoms with Gasteiger partial charge in [0.25, 0.3) is 0 Å². The van der Waals surface area contributed by atoms with Crippen LogP contribution >= 0.6 is 0 Å². The van der Waals surface area contributed by atoms with Crippen molar-refractivity contribution in [2.75, 3.05) is 0 Å². The van der Waals surface area contributed by atoms with E-state index in [4.69, 9.17) is 0 Å². The normalized spacial score (nSPS) is 12.3. The topological polar surface area (TPSA) is 50.4 Å². The van der Waals surface area contributed by atoms with Gasteiger partial charge in [0.15, 0.2) is 0 Å². The summed E-state index contributed by atoms with van der Waals surface area (Å²) in [5.74, 6) is 0. The first kappa shape index (κ1) is 10.1. The fourth-order valence-corrected chi connectivity index (χ4v) is 1.96. The molecule has 4 nitrogen and oxygen atoms in total. The minimum atomic E-state index is -0.843. The quantitative estimate of drug-likeness (QED) is 0.768. The molecule has 0 atom stereocenters. The van der Waals surface area contributed by atoms with Gasteiger partial charge in [-0.1, -0.05) is 0 Å². The molecule has 2 heterocycles. The van der Waals surface area contributed by atoms with E-state index in [0.717, 1.165) is 22.3 Å². The summed E-state index contributed by atoms with van der Waals surface area (Å²) < 4.78 is 1.77. The summed E-state index contributed by atoms with van der Waals surface area (Å²) >= 11 is 0. The standard InChI is InChI=1S/C11H15N3O/c1-7-9(11(3,4)15)5-14-10(7)8(2)12-6-13-14/h5-6,15H,1-4H3. The van der Waals surface area contributed by atoms with Crippen molar-refractivity contribution >= 4 is 5.52 Å². The second-order valence-corrected chi connectivity index (χ2v) is 4.37. The van der Waals surface area contributed by atoms with Crippen LogP contribution in [0.15, 0.2) is 12.5 Å². The van der Waals surface area contributed by atoms with E-state index in [1.54, 1.807) is 18.4 Å². The third kappa shape index (κ3) is 1.51. The van der Waals surface area contributed by atoms with Gasteiger partial charge in [0.05, 0.1) is 16.8 Å². The molecular formula is C11H15N3O. The molecule has 0 saturated carbocycles. The van der Waals surface area contributed by atoms with Crippen LogP contribution < -0.4 is 0 Å². The molecule has 0 aliphatic heterocycles. The van der Waals surface area contributed by atoms with Gasteiger partial charge >= 0.3 is 0 Å². The van der Waals surface area contributed by atoms with Gasteiger partial charge in [0.1, 0.15) is 6.33 Å². The van der Waals surface area contributed by atoms with Crippen molar-refractivity contribution in [3.05, 3.63) is 29.3 Å². The van der Waals surface area contributed by atoms with E-state index < -0.39 is 5.60 Å². The van der Waals surface area contributed by atoms with E-state index in [1.807, 2.05) is 20.0 Å². The fraction of sp³-hybridized carbons (Fsp3) is 0.455. The highest BCUT2D eigenvalue weighted by atomic mass is 16.3. The van der Waals surface area contributed by atoms with Crippen LogP contribution in [0.25, 0.3) is 5.52 Å². The Morgan fingerprint density at radius 1 is 1.33 bits per heavy atom. The highest BCUT2D eigenvalue weighted by Gasteiger charge is 2.22. The van der Waals surface area contributed by atoms with Crippen LogP contribution in [-0.2, 0) is 5.60 Å². The average molecular weight is 205 g/mol. The first-order chi connectivity index (χ1) is 6.91. The van der Waals surface area contributed by atoms with Crippen molar-refractivity contribution in [3.63, 3.8) is 0 Å². The smallest absolute Gasteiger partial charge is 0.136 e. The molecule has 0 bridgehead atoms. The molecule has 15 heavy (non-hydrogen) atoms. The molecule has 0 fully saturated rings. The van der Waals surface area contributed by atoms with Crippen molar-refractivity contribution in [1.29, 1.82) is 0 Å². The van der Waals surface area contributed by atoms with E-state index in [-0.39, 0.29) is 0 Å². The SMILES string of the molecule is Cc1ncnn2cc(C(C)(C)O)c(C)c12. The van der Waals surface area contributed by atoms with Crippen molar-refractivity contribution < 1.29 is 5.11 Å². The Morgan fingerprint density at radius 2 is 2.00 bits per heavy atom. The lowest BCUT2D eigenvalue weighted by Gasteiger charge is -2.16. The van der Waals surface area contributed by atoms with Gasteiger partial charge in [0, 0.05) is 11.8 Å². The third-order valence-corrected chi connectivity index (χ3v) is 2.67. The van der Waals surface area contributed by atoms with Crippen molar-refractivity contribution in [3.8, 4) is 0 Å². The van der Waals surface area contributed by atoms with Crippen molar-refractivity contribution in [2.45, 2.75) is 33.3 Å². The number of hydrogen-bond acceptors (Lipinski definition) is 3. The lowest BCUT2D eigenvalue weighted by atomic mass is 9.97. The van der Waals surface area contributed by atoms with E-state index >= 15 is 0 Å². The Kier molecular flexibility index (Phi) is 2.04. The third-order valence-electron chi connectivity index (χ3n) is 2.67. The molecule has 2 rings (SSSR count). The van der Waals surface area contributed by atoms with E-state index in [9.17, 15) is 5.11 Å². The molecular weight excluding hydrogens is 190 g/mol. The molecule has 0 spiro atoms. The largest absolute Gasteiger partial charge is 0.386 e. The number of hydrogen-bond donors (Lipinski definition) is 1. The van der Waals surface area contributed by atoms with E-state index in [2.05, 4.69) is 10.1 Å². The zero-order valence-corrected chi connectivity index (χ0v) is 9.44. The first-order valence-corrected chi connectivity index (χ1v) is 4.93. The number of aryl methyl sites for hydroxylation is 2. The van der Waals surface area contributed by atoms with Crippen LogP contribution in [0.5, 0.6) is 0 Å². The van der Waals surface area contributed by atoms with E-state index in [0.29, 0.717) is 0 Å². The minimum Gasteiger partial charge on any atom is -0.386 e. The second-order valence-electron chi connectivity index (χ2n) is 4.37. The summed E-state index contributed by atoms with van der Waals surface area (Å²) in [6.45, 7) is 7.48. The van der Waals surface area contributed by atoms with Crippen LogP contribution in [0.2, 0.25) is 0 Å². The lowest BCUT2D eigenvalue weighted by molar-refractivity contribution is 0.0780. The predicted octanol–water partition coefficient (Wildman–Crippen LogP) is 1.57. The number of aromatic nitrogens is 3. The Labute approximate surface area is 88.6 Å². The molecule has 0 aliphatic carbocycles. The fourth-order valence-electron chi connectivity index (χ4n) is 1.96. The predicted molar refractivity (Wildman–Crippen MR) is 57.7 cm³/mol. The highest BCUT2D eigenvalue weighted by molar-refractivity contribution is 5.61. The van der Waals surface area contributed by atoms with Gasteiger partial charge in [-0.15, -0.1) is 0 Å². The highest BCUT2D eigenvalue weighted by Crippen LogP contribution is 2.27. The molecule has 0 saturated heterocycles. The first-order valence-electron chi connectivity index (χ1n) is 4.93. The number of fused-ring (bicyclic) bond motifs is 1. The molecule has 0 aromatic carbocycles. The lowest BCUT2D eigenvalue weighted by Crippen LogP contribution is -2.15. The molecule has 1 N–H and O–H groups in total. The van der Waals surface area contributed by atoms with Crippen LogP contribution in [0.1, 0.15) is 30.7 Å². The molecule has 4 heteroatoms. The maximum absolute atomic E-state index is 10.0. The summed E-state index contributed by atoms with van der Waals surface area (Å²) in [5, 5.41) is 14.1. The van der Waals surface area contributed by atoms with E-state index in [1.165, 1.54) is 6.33 Å². The van der Waals surface area contributed by atoms with Crippen LogP contribution in [0, 0.1) is 13.8 Å². The number of aliphatic hydroxyl groups is 1. The van der Waals surface area contributed by atoms with Gasteiger partial charge in [-0.2, -0.15) is 5.10 Å². The van der Waals surface area contributed by atoms with Crippen molar-refractivity contribution in [1.82, 2.24) is 14.6 Å². The molecule has 0 amide bonds. The number of nitrogens with zero attached hydrogens (tertiary/aromatic N) is 3. The Morgan fingerprint density at radius 3 is 2.53 bits per heavy atom. The zero-order chi connectivity index (χ0) is 11.2. The zero-order valence-electron chi connectivity index (χ0n) is 9.44. The summed E-state index contributed by atoms with van der Waals surface area (Å²) in [5.41, 5.74) is 3.00. The number of rotatable bonds is 1. The summed E-state index contributed by atoms with van der Waals surface area (Å²) in [6.07, 6.45) is 3.38. The average Bonchev–Trinajstić information content (AvgIpc) is 2.44. The summed E-state index contributed by atoms with van der Waals surface area (Å²) in [4.78, 5) is 4.15. The maximum atomic E-state index is 10.0. The van der Waals surface area contributed by atoms with Crippen LogP contribution in [-0.4, -0.2) is 19.7 Å². The molecule has 2 aromatic rings. The molecule has 0 radical (unpaired) electrons. The maximum Gasteiger partial charge on any atom is 0.136 e. The molecule has 0 unspecified atom stereocenters. The monoisotopic (exact) mass is 205 g/mol. The van der Waals surface area contributed by atoms with Gasteiger partial charge in [0.2, 0.25) is 0 Å². The Balaban J connectivity index is 2.82. The second kappa shape index (κ2) is 3.03. The minimum absolute atomic E-state index is 0.843. The van der Waals surface area contributed by atoms with Gasteiger partial charge < -0.3 is 5.11 Å². The van der Waals surface area contributed by atoms with Gasteiger partial charge in [-0.05, 0) is 33.3 Å². The summed E-state index contributed by atoms with van der Waals surface area (Å²) in [6, 6.07) is 0. The summed E-state index contributed by atoms with van der Waals surface area (Å²) in [7, 11) is 0. The molecule has 80 valence electrons. The van der Waals surface area contributed by atoms with Gasteiger partial charge in [-0.3, -0.25) is 0 Å². The van der Waals surface area contributed by atoms with Gasteiger partial charge in [-0.25, -0.2) is 9.50 Å². The Hall–Kier alpha value is -1.42. The van der Waals surface area contributed by atoms with Crippen molar-refractivity contribution in [2.24, 2.45) is 0 Å². The molecule has 0 aliphatic rings. The van der Waals surface area contributed by atoms with Crippen LogP contribution in [0.3, 0.4) is 0 Å².